The lowest BCUT2D eigenvalue weighted by Gasteiger charge is -2.05. The van der Waals surface area contributed by atoms with Crippen LogP contribution in [0.5, 0.6) is 5.88 Å². The minimum atomic E-state index is -0.533. The van der Waals surface area contributed by atoms with Crippen LogP contribution in [0.3, 0.4) is 0 Å². The molecule has 0 fully saturated rings. The number of amides is 1. The Morgan fingerprint density at radius 3 is 2.94 bits per heavy atom. The Balaban J connectivity index is 2.45. The molecule has 0 aliphatic rings. The van der Waals surface area contributed by atoms with E-state index >= 15 is 0 Å². The molecular weight excluding hydrogens is 272 g/mol. The Morgan fingerprint density at radius 1 is 1.44 bits per heavy atom. The molecule has 0 saturated heterocycles. The summed E-state index contributed by atoms with van der Waals surface area (Å²) in [5, 5.41) is 4.30. The van der Waals surface area contributed by atoms with Crippen molar-refractivity contribution >= 4 is 32.8 Å². The van der Waals surface area contributed by atoms with E-state index in [1.807, 2.05) is 24.3 Å². The Labute approximate surface area is 101 Å². The van der Waals surface area contributed by atoms with Gasteiger partial charge in [-0.3, -0.25) is 0 Å². The molecule has 1 amide bonds. The van der Waals surface area contributed by atoms with Crippen LogP contribution in [0.25, 0.3) is 10.8 Å². The van der Waals surface area contributed by atoms with Gasteiger partial charge in [-0.25, -0.2) is 9.78 Å². The quantitative estimate of drug-likeness (QED) is 0.818. The monoisotopic (exact) mass is 280 g/mol. The van der Waals surface area contributed by atoms with Gasteiger partial charge in [0.25, 0.3) is 0 Å². The number of fused-ring (bicyclic) bond motifs is 1. The fourth-order valence-corrected chi connectivity index (χ4v) is 1.87. The van der Waals surface area contributed by atoms with Crippen molar-refractivity contribution in [3.8, 4) is 5.88 Å². The van der Waals surface area contributed by atoms with Gasteiger partial charge in [-0.2, -0.15) is 0 Å². The van der Waals surface area contributed by atoms with Gasteiger partial charge in [-0.1, -0.05) is 24.3 Å². The maximum atomic E-state index is 11.0. The van der Waals surface area contributed by atoms with Crippen LogP contribution in [-0.4, -0.2) is 18.1 Å². The van der Waals surface area contributed by atoms with Crippen molar-refractivity contribution in [2.75, 3.05) is 7.05 Å². The third-order valence-electron chi connectivity index (χ3n) is 2.07. The number of carbonyl (C=O) groups excluding carboxylic acids is 1. The highest BCUT2D eigenvalue weighted by molar-refractivity contribution is 9.10. The number of halogens is 1. The van der Waals surface area contributed by atoms with Crippen molar-refractivity contribution < 1.29 is 9.53 Å². The zero-order chi connectivity index (χ0) is 11.5. The van der Waals surface area contributed by atoms with Crippen molar-refractivity contribution in [1.82, 2.24) is 10.3 Å². The maximum Gasteiger partial charge on any atom is 0.413 e. The summed E-state index contributed by atoms with van der Waals surface area (Å²) in [6.07, 6.45) is -0.533. The van der Waals surface area contributed by atoms with Gasteiger partial charge >= 0.3 is 6.09 Å². The molecule has 0 radical (unpaired) electrons. The van der Waals surface area contributed by atoms with Crippen molar-refractivity contribution in [2.24, 2.45) is 0 Å². The lowest BCUT2D eigenvalue weighted by molar-refractivity contribution is 0.201. The fourth-order valence-electron chi connectivity index (χ4n) is 1.33. The van der Waals surface area contributed by atoms with Crippen molar-refractivity contribution in [1.29, 1.82) is 0 Å². The number of hydrogen-bond acceptors (Lipinski definition) is 3. The third kappa shape index (κ3) is 2.14. The number of benzene rings is 1. The molecule has 1 heterocycles. The molecule has 0 atom stereocenters. The molecule has 16 heavy (non-hydrogen) atoms. The van der Waals surface area contributed by atoms with Crippen LogP contribution in [0.4, 0.5) is 4.79 Å². The predicted molar refractivity (Wildman–Crippen MR) is 64.5 cm³/mol. The summed E-state index contributed by atoms with van der Waals surface area (Å²) in [6, 6.07) is 9.43. The summed E-state index contributed by atoms with van der Waals surface area (Å²) in [4.78, 5) is 15.2. The maximum absolute atomic E-state index is 11.0. The number of nitrogens with zero attached hydrogens (tertiary/aromatic N) is 1. The first-order valence-corrected chi connectivity index (χ1v) is 5.45. The first-order valence-electron chi connectivity index (χ1n) is 4.65. The number of nitrogens with one attached hydrogen (secondary N) is 1. The summed E-state index contributed by atoms with van der Waals surface area (Å²) in [6.45, 7) is 0. The molecule has 82 valence electrons. The van der Waals surface area contributed by atoms with E-state index in [1.54, 1.807) is 6.07 Å². The molecule has 0 bridgehead atoms. The second-order valence-corrected chi connectivity index (χ2v) is 3.86. The summed E-state index contributed by atoms with van der Waals surface area (Å²) >= 11 is 3.34. The average molecular weight is 281 g/mol. The minimum Gasteiger partial charge on any atom is -0.391 e. The van der Waals surface area contributed by atoms with Gasteiger partial charge in [0.05, 0.1) is 0 Å². The smallest absolute Gasteiger partial charge is 0.391 e. The first-order chi connectivity index (χ1) is 7.70. The van der Waals surface area contributed by atoms with Crippen LogP contribution in [0, 0.1) is 0 Å². The number of ether oxygens (including phenoxy) is 1. The van der Waals surface area contributed by atoms with Crippen molar-refractivity contribution in [3.63, 3.8) is 0 Å². The molecule has 1 N–H and O–H groups in total. The lowest BCUT2D eigenvalue weighted by Crippen LogP contribution is -2.22. The molecule has 1 aromatic heterocycles. The topological polar surface area (TPSA) is 51.2 Å². The highest BCUT2D eigenvalue weighted by Crippen LogP contribution is 2.25. The van der Waals surface area contributed by atoms with E-state index in [0.29, 0.717) is 4.60 Å². The van der Waals surface area contributed by atoms with Crippen molar-refractivity contribution in [3.05, 3.63) is 34.9 Å². The van der Waals surface area contributed by atoms with E-state index in [4.69, 9.17) is 4.74 Å². The van der Waals surface area contributed by atoms with Gasteiger partial charge in [-0.15, -0.1) is 0 Å². The SMILES string of the molecule is CNC(=O)Oc1cc2ccccc2c(Br)n1. The summed E-state index contributed by atoms with van der Waals surface area (Å²) in [7, 11) is 1.50. The fraction of sp³-hybridized carbons (Fsp3) is 0.0909. The van der Waals surface area contributed by atoms with Gasteiger partial charge < -0.3 is 10.1 Å². The molecule has 2 rings (SSSR count). The summed E-state index contributed by atoms with van der Waals surface area (Å²) in [5.74, 6) is 0.268. The molecule has 0 aliphatic heterocycles. The van der Waals surface area contributed by atoms with Gasteiger partial charge in [0.1, 0.15) is 4.60 Å². The molecule has 2 aromatic rings. The normalized spacial score (nSPS) is 10.1. The number of hydrogen-bond donors (Lipinski definition) is 1. The van der Waals surface area contributed by atoms with Gasteiger partial charge in [0, 0.05) is 18.5 Å². The minimum absolute atomic E-state index is 0.268. The van der Waals surface area contributed by atoms with E-state index < -0.39 is 6.09 Å². The van der Waals surface area contributed by atoms with Crippen LogP contribution in [0.15, 0.2) is 34.9 Å². The first kappa shape index (κ1) is 10.9. The standard InChI is InChI=1S/C11H9BrN2O2/c1-13-11(15)16-9-6-7-4-2-3-5-8(7)10(12)14-9/h2-6H,1H3,(H,13,15). The van der Waals surface area contributed by atoms with Crippen LogP contribution < -0.4 is 10.1 Å². The highest BCUT2D eigenvalue weighted by Gasteiger charge is 2.07. The summed E-state index contributed by atoms with van der Waals surface area (Å²) < 4.78 is 5.62. The molecule has 0 saturated carbocycles. The second-order valence-electron chi connectivity index (χ2n) is 3.11. The molecule has 5 heteroatoms. The zero-order valence-corrected chi connectivity index (χ0v) is 10.1. The highest BCUT2D eigenvalue weighted by atomic mass is 79.9. The summed E-state index contributed by atoms with van der Waals surface area (Å²) in [5.41, 5.74) is 0. The average Bonchev–Trinajstić information content (AvgIpc) is 2.29. The van der Waals surface area contributed by atoms with E-state index in [1.165, 1.54) is 7.05 Å². The zero-order valence-electron chi connectivity index (χ0n) is 8.53. The van der Waals surface area contributed by atoms with Gasteiger partial charge in [0.15, 0.2) is 0 Å². The van der Waals surface area contributed by atoms with Gasteiger partial charge in [0.2, 0.25) is 5.88 Å². The molecule has 0 aliphatic carbocycles. The molecular formula is C11H9BrN2O2. The van der Waals surface area contributed by atoms with E-state index in [-0.39, 0.29) is 5.88 Å². The number of rotatable bonds is 1. The van der Waals surface area contributed by atoms with Crippen molar-refractivity contribution in [2.45, 2.75) is 0 Å². The second kappa shape index (κ2) is 4.49. The Bertz CT molecular complexity index is 542. The van der Waals surface area contributed by atoms with Crippen LogP contribution >= 0.6 is 15.9 Å². The van der Waals surface area contributed by atoms with E-state index in [2.05, 4.69) is 26.2 Å². The Hall–Kier alpha value is -1.62. The van der Waals surface area contributed by atoms with Crippen LogP contribution in [0.2, 0.25) is 0 Å². The van der Waals surface area contributed by atoms with Crippen LogP contribution in [-0.2, 0) is 0 Å². The Kier molecular flexibility index (Phi) is 3.05. The largest absolute Gasteiger partial charge is 0.413 e. The number of carbonyl (C=O) groups is 1. The molecule has 4 nitrogen and oxygen atoms in total. The van der Waals surface area contributed by atoms with E-state index in [0.717, 1.165) is 10.8 Å². The molecule has 1 aromatic carbocycles. The third-order valence-corrected chi connectivity index (χ3v) is 2.68. The number of aromatic nitrogens is 1. The Morgan fingerprint density at radius 2 is 2.19 bits per heavy atom. The molecule has 0 unspecified atom stereocenters. The number of pyridine rings is 1. The van der Waals surface area contributed by atoms with Crippen LogP contribution in [0.1, 0.15) is 0 Å². The van der Waals surface area contributed by atoms with E-state index in [9.17, 15) is 4.79 Å². The van der Waals surface area contributed by atoms with Gasteiger partial charge in [-0.05, 0) is 21.3 Å². The lowest BCUT2D eigenvalue weighted by atomic mass is 10.2. The predicted octanol–water partition coefficient (Wildman–Crippen LogP) is 2.72. The molecule has 0 spiro atoms.